The molecule has 0 aromatic rings. The van der Waals surface area contributed by atoms with Crippen LogP contribution in [-0.2, 0) is 27.9 Å². The van der Waals surface area contributed by atoms with E-state index in [0.29, 0.717) is 0 Å². The van der Waals surface area contributed by atoms with E-state index >= 15 is 0 Å². The van der Waals surface area contributed by atoms with E-state index in [-0.39, 0.29) is 62.6 Å². The van der Waals surface area contributed by atoms with Crippen molar-refractivity contribution in [3.05, 3.63) is 0 Å². The molecule has 0 saturated heterocycles. The molecule has 4 heteroatoms. The minimum absolute atomic E-state index is 0. The van der Waals surface area contributed by atoms with Crippen LogP contribution >= 0.6 is 0 Å². The molecule has 16 valence electrons. The van der Waals surface area contributed by atoms with Crippen molar-refractivity contribution in [3.8, 4) is 0 Å². The zero-order valence-corrected chi connectivity index (χ0v) is 6.34. The molecular weight excluding hydrogens is 267 g/mol. The van der Waals surface area contributed by atoms with Crippen molar-refractivity contribution in [2.75, 3.05) is 0 Å². The Morgan fingerprint density at radius 2 is 0.750 bits per heavy atom. The molecule has 1 nitrogen and oxygen atoms in total. The van der Waals surface area contributed by atoms with E-state index in [1.165, 1.54) is 0 Å². The molecule has 0 heterocycles. The van der Waals surface area contributed by atoms with Crippen molar-refractivity contribution in [1.82, 2.24) is 0 Å². The van der Waals surface area contributed by atoms with Crippen LogP contribution < -0.4 is 0 Å². The molecule has 0 amide bonds. The first-order valence-electron chi connectivity index (χ1n) is 0. The van der Waals surface area contributed by atoms with Crippen LogP contribution in [0.1, 0.15) is 0 Å². The van der Waals surface area contributed by atoms with E-state index in [0.717, 1.165) is 0 Å². The Labute approximate surface area is 62.2 Å². The SMILES string of the molecule is [Al+3].[Al+3].[Au+3].[O-2]. The molecule has 0 aromatic heterocycles. The molecule has 0 N–H and O–H groups in total. The topological polar surface area (TPSA) is 28.5 Å². The summed E-state index contributed by atoms with van der Waals surface area (Å²) in [6.07, 6.45) is 0. The summed E-state index contributed by atoms with van der Waals surface area (Å²) in [6.45, 7) is 0. The van der Waals surface area contributed by atoms with Crippen LogP contribution in [0.3, 0.4) is 0 Å². The Balaban J connectivity index is 0. The molecule has 0 atom stereocenters. The number of hydrogen-bond acceptors (Lipinski definition) is 0. The first-order valence-corrected chi connectivity index (χ1v) is 0. The molecule has 0 bridgehead atoms. The fourth-order valence-corrected chi connectivity index (χ4v) is 0. The Morgan fingerprint density at radius 1 is 0.750 bits per heavy atom. The molecule has 0 aliphatic heterocycles. The van der Waals surface area contributed by atoms with Crippen LogP contribution in [-0.4, -0.2) is 34.7 Å². The monoisotopic (exact) mass is 267 g/mol. The zero-order valence-electron chi connectivity index (χ0n) is 1.86. The molecule has 0 spiro atoms. The predicted octanol–water partition coefficient (Wildman–Crippen LogP) is -0.883. The summed E-state index contributed by atoms with van der Waals surface area (Å²) in [7, 11) is 0. The van der Waals surface area contributed by atoms with Crippen LogP contribution in [0, 0.1) is 0 Å². The van der Waals surface area contributed by atoms with Gasteiger partial charge in [-0.15, -0.1) is 0 Å². The summed E-state index contributed by atoms with van der Waals surface area (Å²) in [5.41, 5.74) is 0. The zero-order chi connectivity index (χ0) is 0. The fraction of sp³-hybridized carbons (Fsp3) is 0. The Morgan fingerprint density at radius 3 is 0.750 bits per heavy atom. The average Bonchev–Trinajstić information content (AvgIpc) is 0. The van der Waals surface area contributed by atoms with Crippen LogP contribution in [0.15, 0.2) is 0 Å². The van der Waals surface area contributed by atoms with Gasteiger partial charge in [-0.1, -0.05) is 0 Å². The van der Waals surface area contributed by atoms with E-state index in [1.54, 1.807) is 0 Å². The number of hydrogen-bond donors (Lipinski definition) is 0. The summed E-state index contributed by atoms with van der Waals surface area (Å²) in [6, 6.07) is 0. The third-order valence-corrected chi connectivity index (χ3v) is 0. The minimum atomic E-state index is 0. The minimum Gasteiger partial charge on any atom is -2.00 e. The predicted molar refractivity (Wildman–Crippen MR) is 12.2 cm³/mol. The van der Waals surface area contributed by atoms with Crippen molar-refractivity contribution < 1.29 is 27.9 Å². The van der Waals surface area contributed by atoms with Gasteiger partial charge >= 0.3 is 57.1 Å². The van der Waals surface area contributed by atoms with Crippen molar-refractivity contribution in [2.45, 2.75) is 0 Å². The van der Waals surface area contributed by atoms with Gasteiger partial charge in [0.25, 0.3) is 0 Å². The summed E-state index contributed by atoms with van der Waals surface area (Å²) >= 11 is 0. The first-order chi connectivity index (χ1) is 0. The summed E-state index contributed by atoms with van der Waals surface area (Å²) in [5, 5.41) is 0. The standard InChI is InChI=1S/2Al.Au.O/q3*+3;-2. The molecule has 0 aliphatic rings. The van der Waals surface area contributed by atoms with Gasteiger partial charge in [-0.2, -0.15) is 0 Å². The molecule has 0 unspecified atom stereocenters. The third kappa shape index (κ3) is 9.24. The maximum absolute atomic E-state index is 0. The van der Waals surface area contributed by atoms with E-state index in [4.69, 9.17) is 0 Å². The second-order valence-corrected chi connectivity index (χ2v) is 0. The van der Waals surface area contributed by atoms with Crippen LogP contribution in [0.4, 0.5) is 0 Å². The van der Waals surface area contributed by atoms with Gasteiger partial charge in [0.1, 0.15) is 0 Å². The van der Waals surface area contributed by atoms with Crippen molar-refractivity contribution in [2.24, 2.45) is 0 Å². The molecule has 0 aromatic carbocycles. The Hall–Kier alpha value is 1.77. The summed E-state index contributed by atoms with van der Waals surface area (Å²) in [5.74, 6) is 0. The van der Waals surface area contributed by atoms with Gasteiger partial charge in [0.15, 0.2) is 0 Å². The largest absolute Gasteiger partial charge is 3.00 e. The van der Waals surface area contributed by atoms with Gasteiger partial charge in [0, 0.05) is 0 Å². The second kappa shape index (κ2) is 21.7. The van der Waals surface area contributed by atoms with E-state index in [1.807, 2.05) is 0 Å². The van der Waals surface area contributed by atoms with E-state index < -0.39 is 0 Å². The molecule has 0 rings (SSSR count). The molecular formula is Al2AuO+7. The molecule has 0 radical (unpaired) electrons. The van der Waals surface area contributed by atoms with Gasteiger partial charge in [0.2, 0.25) is 0 Å². The average molecular weight is 267 g/mol. The first kappa shape index (κ1) is 42.0. The third-order valence-electron chi connectivity index (χ3n) is 0. The van der Waals surface area contributed by atoms with E-state index in [2.05, 4.69) is 0 Å². The number of rotatable bonds is 0. The molecule has 0 fully saturated rings. The fourth-order valence-electron chi connectivity index (χ4n) is 0. The summed E-state index contributed by atoms with van der Waals surface area (Å²) < 4.78 is 0. The Bertz CT molecular complexity index is 6.00. The van der Waals surface area contributed by atoms with Gasteiger partial charge in [-0.3, -0.25) is 0 Å². The van der Waals surface area contributed by atoms with Crippen LogP contribution in [0.25, 0.3) is 0 Å². The van der Waals surface area contributed by atoms with Crippen LogP contribution in [0.5, 0.6) is 0 Å². The quantitative estimate of drug-likeness (QED) is 0.510. The Kier molecular flexibility index (Phi) is 228. The van der Waals surface area contributed by atoms with Gasteiger partial charge in [0.05, 0.1) is 0 Å². The van der Waals surface area contributed by atoms with Crippen LogP contribution in [0.2, 0.25) is 0 Å². The van der Waals surface area contributed by atoms with Gasteiger partial charge in [-0.25, -0.2) is 0 Å². The molecule has 0 aliphatic carbocycles. The van der Waals surface area contributed by atoms with E-state index in [9.17, 15) is 0 Å². The maximum atomic E-state index is 0. The van der Waals surface area contributed by atoms with Gasteiger partial charge in [-0.05, 0) is 0 Å². The van der Waals surface area contributed by atoms with Crippen molar-refractivity contribution in [3.63, 3.8) is 0 Å². The van der Waals surface area contributed by atoms with Gasteiger partial charge < -0.3 is 5.48 Å². The van der Waals surface area contributed by atoms with Crippen molar-refractivity contribution in [1.29, 1.82) is 0 Å². The second-order valence-electron chi connectivity index (χ2n) is 0. The molecule has 4 heavy (non-hydrogen) atoms. The normalized spacial score (nSPS) is 0. The smallest absolute Gasteiger partial charge is 2.00 e. The molecule has 0 saturated carbocycles. The maximum Gasteiger partial charge on any atom is 3.00 e. The van der Waals surface area contributed by atoms with Crippen molar-refractivity contribution >= 4 is 34.7 Å². The summed E-state index contributed by atoms with van der Waals surface area (Å²) in [4.78, 5) is 0.